The van der Waals surface area contributed by atoms with Crippen molar-refractivity contribution in [3.05, 3.63) is 29.3 Å². The van der Waals surface area contributed by atoms with Gasteiger partial charge in [-0.05, 0) is 55.4 Å². The second-order valence-electron chi connectivity index (χ2n) is 5.32. The Hall–Kier alpha value is -1.22. The largest absolute Gasteiger partial charge is 0.508 e. The molecule has 1 aromatic carbocycles. The summed E-state index contributed by atoms with van der Waals surface area (Å²) in [5, 5.41) is 12.4. The van der Waals surface area contributed by atoms with Gasteiger partial charge in [-0.15, -0.1) is 11.6 Å². The van der Waals surface area contributed by atoms with E-state index in [2.05, 4.69) is 5.32 Å². The van der Waals surface area contributed by atoms with E-state index in [1.165, 1.54) is 12.8 Å². The van der Waals surface area contributed by atoms with Gasteiger partial charge in [0.1, 0.15) is 5.75 Å². The zero-order valence-electron chi connectivity index (χ0n) is 11.2. The van der Waals surface area contributed by atoms with Crippen LogP contribution < -0.4 is 5.32 Å². The standard InChI is InChI=1S/C15H20ClNO2/c1-10-7-11(5-6-14(10)18)15(19)17-9-13-4-2-3-12(13)8-16/h5-7,12-13,18H,2-4,8-9H2,1H3,(H,17,19). The van der Waals surface area contributed by atoms with Gasteiger partial charge in [0.05, 0.1) is 0 Å². The Morgan fingerprint density at radius 2 is 2.16 bits per heavy atom. The first-order valence-corrected chi connectivity index (χ1v) is 7.29. The normalized spacial score (nSPS) is 22.4. The van der Waals surface area contributed by atoms with E-state index in [-0.39, 0.29) is 11.7 Å². The molecule has 4 heteroatoms. The van der Waals surface area contributed by atoms with Crippen LogP contribution in [0.3, 0.4) is 0 Å². The van der Waals surface area contributed by atoms with Gasteiger partial charge < -0.3 is 10.4 Å². The van der Waals surface area contributed by atoms with Gasteiger partial charge in [-0.1, -0.05) is 6.42 Å². The number of carbonyl (C=O) groups is 1. The van der Waals surface area contributed by atoms with Crippen molar-refractivity contribution in [2.24, 2.45) is 11.8 Å². The molecule has 1 aliphatic rings. The van der Waals surface area contributed by atoms with Gasteiger partial charge in [-0.2, -0.15) is 0 Å². The highest BCUT2D eigenvalue weighted by Crippen LogP contribution is 2.32. The zero-order chi connectivity index (χ0) is 13.8. The minimum Gasteiger partial charge on any atom is -0.508 e. The molecule has 2 N–H and O–H groups in total. The molecule has 104 valence electrons. The van der Waals surface area contributed by atoms with E-state index in [1.54, 1.807) is 25.1 Å². The van der Waals surface area contributed by atoms with E-state index in [9.17, 15) is 9.90 Å². The second kappa shape index (κ2) is 6.29. The van der Waals surface area contributed by atoms with Gasteiger partial charge in [-0.25, -0.2) is 0 Å². The van der Waals surface area contributed by atoms with E-state index in [1.807, 2.05) is 0 Å². The lowest BCUT2D eigenvalue weighted by Crippen LogP contribution is -2.31. The van der Waals surface area contributed by atoms with Crippen LogP contribution >= 0.6 is 11.6 Å². The molecular formula is C15H20ClNO2. The molecule has 0 spiro atoms. The van der Waals surface area contributed by atoms with E-state index in [4.69, 9.17) is 11.6 Å². The van der Waals surface area contributed by atoms with Crippen molar-refractivity contribution in [2.75, 3.05) is 12.4 Å². The molecule has 1 aliphatic carbocycles. The molecule has 3 nitrogen and oxygen atoms in total. The molecule has 1 fully saturated rings. The van der Waals surface area contributed by atoms with Crippen molar-refractivity contribution in [1.29, 1.82) is 0 Å². The molecule has 1 amide bonds. The number of phenols is 1. The number of carbonyl (C=O) groups excluding carboxylic acids is 1. The maximum Gasteiger partial charge on any atom is 0.251 e. The van der Waals surface area contributed by atoms with Crippen LogP contribution in [0.4, 0.5) is 0 Å². The summed E-state index contributed by atoms with van der Waals surface area (Å²) in [6, 6.07) is 4.91. The summed E-state index contributed by atoms with van der Waals surface area (Å²) in [4.78, 5) is 12.0. The van der Waals surface area contributed by atoms with Crippen molar-refractivity contribution < 1.29 is 9.90 Å². The Balaban J connectivity index is 1.92. The van der Waals surface area contributed by atoms with Gasteiger partial charge in [0.2, 0.25) is 0 Å². The summed E-state index contributed by atoms with van der Waals surface area (Å²) in [5.74, 6) is 1.85. The van der Waals surface area contributed by atoms with Gasteiger partial charge in [0, 0.05) is 18.0 Å². The number of phenolic OH excluding ortho intramolecular Hbond substituents is 1. The summed E-state index contributed by atoms with van der Waals surface area (Å²) in [6.07, 6.45) is 3.52. The highest BCUT2D eigenvalue weighted by Gasteiger charge is 2.26. The molecule has 19 heavy (non-hydrogen) atoms. The summed E-state index contributed by atoms with van der Waals surface area (Å²) in [5.41, 5.74) is 1.31. The van der Waals surface area contributed by atoms with Crippen molar-refractivity contribution >= 4 is 17.5 Å². The Morgan fingerprint density at radius 3 is 2.84 bits per heavy atom. The number of hydrogen-bond donors (Lipinski definition) is 2. The smallest absolute Gasteiger partial charge is 0.251 e. The lowest BCUT2D eigenvalue weighted by Gasteiger charge is -2.17. The molecule has 0 aliphatic heterocycles. The Morgan fingerprint density at radius 1 is 1.42 bits per heavy atom. The fraction of sp³-hybridized carbons (Fsp3) is 0.533. The number of rotatable bonds is 4. The molecule has 0 aromatic heterocycles. The number of nitrogens with one attached hydrogen (secondary N) is 1. The molecule has 0 heterocycles. The summed E-state index contributed by atoms with van der Waals surface area (Å²) in [7, 11) is 0. The van der Waals surface area contributed by atoms with E-state index < -0.39 is 0 Å². The predicted octanol–water partition coefficient (Wildman–Crippen LogP) is 3.09. The average molecular weight is 282 g/mol. The summed E-state index contributed by atoms with van der Waals surface area (Å²) < 4.78 is 0. The molecule has 0 saturated heterocycles. The SMILES string of the molecule is Cc1cc(C(=O)NCC2CCCC2CCl)ccc1O. The number of halogens is 1. The third-order valence-electron chi connectivity index (χ3n) is 4.00. The van der Waals surface area contributed by atoms with Crippen molar-refractivity contribution in [1.82, 2.24) is 5.32 Å². The fourth-order valence-corrected chi connectivity index (χ4v) is 3.11. The first-order valence-electron chi connectivity index (χ1n) is 6.75. The number of alkyl halides is 1. The summed E-state index contributed by atoms with van der Waals surface area (Å²) >= 11 is 5.93. The highest BCUT2D eigenvalue weighted by atomic mass is 35.5. The number of aryl methyl sites for hydroxylation is 1. The molecule has 1 aromatic rings. The number of amides is 1. The van der Waals surface area contributed by atoms with Gasteiger partial charge >= 0.3 is 0 Å². The molecule has 2 unspecified atom stereocenters. The quantitative estimate of drug-likeness (QED) is 0.833. The molecule has 0 radical (unpaired) electrons. The summed E-state index contributed by atoms with van der Waals surface area (Å²) in [6.45, 7) is 2.47. The molecule has 2 atom stereocenters. The lowest BCUT2D eigenvalue weighted by molar-refractivity contribution is 0.0944. The van der Waals surface area contributed by atoms with Gasteiger partial charge in [0.25, 0.3) is 5.91 Å². The maximum atomic E-state index is 12.0. The third-order valence-corrected chi connectivity index (χ3v) is 4.39. The zero-order valence-corrected chi connectivity index (χ0v) is 11.9. The van der Waals surface area contributed by atoms with Crippen LogP contribution in [0.2, 0.25) is 0 Å². The second-order valence-corrected chi connectivity index (χ2v) is 5.63. The Bertz CT molecular complexity index is 461. The fourth-order valence-electron chi connectivity index (χ4n) is 2.71. The minimum atomic E-state index is -0.0803. The van der Waals surface area contributed by atoms with Crippen molar-refractivity contribution in [3.63, 3.8) is 0 Å². The topological polar surface area (TPSA) is 49.3 Å². The number of aromatic hydroxyl groups is 1. The van der Waals surface area contributed by atoms with Crippen LogP contribution in [0.1, 0.15) is 35.2 Å². The van der Waals surface area contributed by atoms with Crippen LogP contribution in [0, 0.1) is 18.8 Å². The lowest BCUT2D eigenvalue weighted by atomic mass is 9.98. The van der Waals surface area contributed by atoms with Gasteiger partial charge in [-0.3, -0.25) is 4.79 Å². The molecular weight excluding hydrogens is 262 g/mol. The van der Waals surface area contributed by atoms with Crippen LogP contribution in [-0.2, 0) is 0 Å². The highest BCUT2D eigenvalue weighted by molar-refractivity contribution is 6.18. The van der Waals surface area contributed by atoms with E-state index in [0.29, 0.717) is 35.4 Å². The van der Waals surface area contributed by atoms with E-state index >= 15 is 0 Å². The van der Waals surface area contributed by atoms with Crippen LogP contribution in [-0.4, -0.2) is 23.4 Å². The molecule has 0 bridgehead atoms. The van der Waals surface area contributed by atoms with E-state index in [0.717, 1.165) is 6.42 Å². The first kappa shape index (κ1) is 14.2. The first-order chi connectivity index (χ1) is 9.11. The Labute approximate surface area is 119 Å². The van der Waals surface area contributed by atoms with Crippen LogP contribution in [0.5, 0.6) is 5.75 Å². The van der Waals surface area contributed by atoms with Crippen molar-refractivity contribution in [2.45, 2.75) is 26.2 Å². The van der Waals surface area contributed by atoms with Crippen LogP contribution in [0.25, 0.3) is 0 Å². The number of benzene rings is 1. The molecule has 2 rings (SSSR count). The average Bonchev–Trinajstić information content (AvgIpc) is 2.86. The van der Waals surface area contributed by atoms with Crippen molar-refractivity contribution in [3.8, 4) is 5.75 Å². The van der Waals surface area contributed by atoms with Gasteiger partial charge in [0.15, 0.2) is 0 Å². The minimum absolute atomic E-state index is 0.0803. The van der Waals surface area contributed by atoms with Crippen LogP contribution in [0.15, 0.2) is 18.2 Å². The predicted molar refractivity (Wildman–Crippen MR) is 76.7 cm³/mol. The Kier molecular flexibility index (Phi) is 4.70. The number of hydrogen-bond acceptors (Lipinski definition) is 2. The molecule has 1 saturated carbocycles. The maximum absolute atomic E-state index is 12.0. The monoisotopic (exact) mass is 281 g/mol. The third kappa shape index (κ3) is 3.41.